The van der Waals surface area contributed by atoms with Gasteiger partial charge in [-0.25, -0.2) is 0 Å². The molecule has 0 N–H and O–H groups in total. The number of rotatable bonds is 2. The largest absolute Gasteiger partial charge is 1.00 e. The van der Waals surface area contributed by atoms with Crippen molar-refractivity contribution in [1.29, 1.82) is 0 Å². The molecule has 0 atom stereocenters. The van der Waals surface area contributed by atoms with E-state index in [0.717, 1.165) is 0 Å². The molecule has 9 heavy (non-hydrogen) atoms. The minimum absolute atomic E-state index is 0. The molecule has 0 heterocycles. The summed E-state index contributed by atoms with van der Waals surface area (Å²) in [6.45, 7) is 1.91. The van der Waals surface area contributed by atoms with Crippen molar-refractivity contribution in [3.8, 4) is 0 Å². The summed E-state index contributed by atoms with van der Waals surface area (Å²) in [7, 11) is 0. The van der Waals surface area contributed by atoms with Crippen molar-refractivity contribution in [2.75, 3.05) is 6.61 Å². The van der Waals surface area contributed by atoms with Gasteiger partial charge in [0.25, 0.3) is 0 Å². The van der Waals surface area contributed by atoms with E-state index >= 15 is 0 Å². The number of carbonyl (C=O) groups is 1. The van der Waals surface area contributed by atoms with E-state index in [1.807, 2.05) is 0 Å². The predicted molar refractivity (Wildman–Crippen MR) is 25.3 cm³/mol. The quantitative estimate of drug-likeness (QED) is 0.0958. The fourth-order valence-electron chi connectivity index (χ4n) is 0.204. The molecule has 0 aromatic heterocycles. The molecule has 0 aromatic rings. The zero-order chi connectivity index (χ0) is 6.41. The number of carbonyl (C=O) groups excluding carboxylic acids is 1. The molecule has 0 saturated heterocycles. The molecule has 0 rings (SSSR count). The average Bonchev–Trinajstić information content (AvgIpc) is 1.68. The van der Waals surface area contributed by atoms with E-state index in [-0.39, 0.29) is 25.5 Å². The number of hydrogen-bond donors (Lipinski definition) is 0. The molecule has 5 heteroatoms. The molecule has 0 bridgehead atoms. The van der Waals surface area contributed by atoms with E-state index < -0.39 is 5.97 Å². The SMILES string of the molecule is CCOC(=O)[C-]=[N+]=[N-].[Li+]. The van der Waals surface area contributed by atoms with Crippen LogP contribution in [0.3, 0.4) is 0 Å². The number of esters is 1. The van der Waals surface area contributed by atoms with Gasteiger partial charge in [0.15, 0.2) is 0 Å². The maximum absolute atomic E-state index is 10.1. The molecule has 4 nitrogen and oxygen atoms in total. The Hall–Kier alpha value is -0.553. The zero-order valence-electron chi connectivity index (χ0n) is 5.42. The molecule has 0 spiro atoms. The van der Waals surface area contributed by atoms with Crippen molar-refractivity contribution >= 4 is 12.2 Å². The Balaban J connectivity index is 0. The van der Waals surface area contributed by atoms with Crippen LogP contribution in [0.2, 0.25) is 0 Å². The third-order valence-corrected chi connectivity index (χ3v) is 0.417. The average molecular weight is 120 g/mol. The molecule has 0 aromatic carbocycles. The predicted octanol–water partition coefficient (Wildman–Crippen LogP) is -3.27. The zero-order valence-corrected chi connectivity index (χ0v) is 5.42. The molecule has 44 valence electrons. The number of nitrogens with zero attached hydrogens (tertiary/aromatic N) is 2. The second-order valence-electron chi connectivity index (χ2n) is 0.932. The van der Waals surface area contributed by atoms with Gasteiger partial charge in [-0.15, -0.1) is 0 Å². The summed E-state index contributed by atoms with van der Waals surface area (Å²) < 4.78 is 4.28. The fourth-order valence-corrected chi connectivity index (χ4v) is 0.204. The summed E-state index contributed by atoms with van der Waals surface area (Å²) in [6, 6.07) is 0. The Morgan fingerprint density at radius 2 is 2.44 bits per heavy atom. The monoisotopic (exact) mass is 120 g/mol. The van der Waals surface area contributed by atoms with Gasteiger partial charge in [-0.2, -0.15) is 0 Å². The molecular weight excluding hydrogens is 115 g/mol. The van der Waals surface area contributed by atoms with Gasteiger partial charge in [0.2, 0.25) is 5.97 Å². The number of ether oxygens (including phenoxy) is 1. The molecule has 0 fully saturated rings. The second-order valence-corrected chi connectivity index (χ2v) is 0.932. The van der Waals surface area contributed by atoms with Crippen LogP contribution in [0.15, 0.2) is 0 Å². The molecular formula is C4H5LiN2O2. The summed E-state index contributed by atoms with van der Waals surface area (Å²) in [6.07, 6.45) is 1.67. The Morgan fingerprint density at radius 3 is 2.78 bits per heavy atom. The normalized spacial score (nSPS) is 6.33. The summed E-state index contributed by atoms with van der Waals surface area (Å²) >= 11 is 0. The van der Waals surface area contributed by atoms with E-state index in [1.165, 1.54) is 0 Å². The molecule has 0 aliphatic heterocycles. The van der Waals surface area contributed by atoms with Crippen LogP contribution in [-0.4, -0.2) is 23.6 Å². The van der Waals surface area contributed by atoms with Crippen LogP contribution < -0.4 is 18.9 Å². The molecule has 0 amide bonds. The van der Waals surface area contributed by atoms with Crippen molar-refractivity contribution in [1.82, 2.24) is 0 Å². The third-order valence-electron chi connectivity index (χ3n) is 0.417. The van der Waals surface area contributed by atoms with Crippen molar-refractivity contribution in [3.63, 3.8) is 0 Å². The summed E-state index contributed by atoms with van der Waals surface area (Å²) in [5.41, 5.74) is 7.68. The van der Waals surface area contributed by atoms with Gasteiger partial charge in [0, 0.05) is 0 Å². The fraction of sp³-hybridized carbons (Fsp3) is 0.500. The van der Waals surface area contributed by atoms with E-state index in [2.05, 4.69) is 9.53 Å². The van der Waals surface area contributed by atoms with Gasteiger partial charge in [0.1, 0.15) is 0 Å². The standard InChI is InChI=1S/C4H5N2O2.Li/c1-2-8-4(7)3-6-5;/h2H2,1H3;/q-1;+1. The molecule has 0 radical (unpaired) electrons. The minimum atomic E-state index is -0.755. The van der Waals surface area contributed by atoms with Crippen LogP contribution in [-0.2, 0) is 9.53 Å². The Morgan fingerprint density at radius 1 is 1.89 bits per heavy atom. The van der Waals surface area contributed by atoms with Crippen LogP contribution in [0.4, 0.5) is 0 Å². The Bertz CT molecular complexity index is 131. The third kappa shape index (κ3) is 7.45. The first kappa shape index (κ1) is 11.3. The Kier molecular flexibility index (Phi) is 9.33. The first-order chi connectivity index (χ1) is 3.81. The van der Waals surface area contributed by atoms with E-state index in [4.69, 9.17) is 5.53 Å². The summed E-state index contributed by atoms with van der Waals surface area (Å²) in [5.74, 6) is -0.755. The first-order valence-electron chi connectivity index (χ1n) is 2.08. The van der Waals surface area contributed by atoms with E-state index in [1.54, 1.807) is 13.1 Å². The van der Waals surface area contributed by atoms with Gasteiger partial charge >= 0.3 is 18.9 Å². The van der Waals surface area contributed by atoms with Gasteiger partial charge in [-0.05, 0) is 6.92 Å². The van der Waals surface area contributed by atoms with Crippen LogP contribution in [0.1, 0.15) is 6.92 Å². The molecule has 0 unspecified atom stereocenters. The maximum Gasteiger partial charge on any atom is 1.00 e. The van der Waals surface area contributed by atoms with Crippen molar-refractivity contribution < 1.29 is 33.2 Å². The Labute approximate surface area is 65.0 Å². The van der Waals surface area contributed by atoms with Crippen molar-refractivity contribution in [3.05, 3.63) is 5.53 Å². The van der Waals surface area contributed by atoms with Crippen LogP contribution >= 0.6 is 0 Å². The van der Waals surface area contributed by atoms with Crippen LogP contribution in [0.5, 0.6) is 0 Å². The van der Waals surface area contributed by atoms with Crippen molar-refractivity contribution in [2.24, 2.45) is 0 Å². The topological polar surface area (TPSA) is 62.7 Å². The van der Waals surface area contributed by atoms with Gasteiger partial charge < -0.3 is 15.1 Å². The van der Waals surface area contributed by atoms with Gasteiger partial charge in [-0.3, -0.25) is 4.79 Å². The first-order valence-corrected chi connectivity index (χ1v) is 2.08. The summed E-state index contributed by atoms with van der Waals surface area (Å²) in [4.78, 5) is 12.4. The smallest absolute Gasteiger partial charge is 0.485 e. The minimum Gasteiger partial charge on any atom is -0.485 e. The van der Waals surface area contributed by atoms with E-state index in [9.17, 15) is 4.79 Å². The molecule has 0 aliphatic rings. The van der Waals surface area contributed by atoms with E-state index in [0.29, 0.717) is 0 Å². The van der Waals surface area contributed by atoms with Gasteiger partial charge in [-0.1, -0.05) is 0 Å². The summed E-state index contributed by atoms with van der Waals surface area (Å²) in [5, 5.41) is 0. The molecule has 0 aliphatic carbocycles. The van der Waals surface area contributed by atoms with Crippen LogP contribution in [0, 0.1) is 0 Å². The second kappa shape index (κ2) is 7.45. The van der Waals surface area contributed by atoms with Gasteiger partial charge in [0.05, 0.1) is 12.8 Å². The van der Waals surface area contributed by atoms with Crippen molar-refractivity contribution in [2.45, 2.75) is 6.92 Å². The van der Waals surface area contributed by atoms with Crippen LogP contribution in [0.25, 0.3) is 5.53 Å². The maximum atomic E-state index is 10.1. The molecule has 0 saturated carbocycles. The number of hydrogen-bond acceptors (Lipinski definition) is 2.